The van der Waals surface area contributed by atoms with Gasteiger partial charge in [0.05, 0.1) is 7.98 Å². The Labute approximate surface area is 79.2 Å². The second kappa shape index (κ2) is 5.14. The van der Waals surface area contributed by atoms with Gasteiger partial charge < -0.3 is 4.74 Å². The Balaban J connectivity index is 2.69. The first-order chi connectivity index (χ1) is 6.74. The summed E-state index contributed by atoms with van der Waals surface area (Å²) in [5, 5.41) is 0. The van der Waals surface area contributed by atoms with Gasteiger partial charge in [-0.3, -0.25) is 0 Å². The Kier molecular flexibility index (Phi) is 3.18. The second-order valence-corrected chi connectivity index (χ2v) is 2.40. The van der Waals surface area contributed by atoms with Crippen molar-refractivity contribution in [2.45, 2.75) is 6.92 Å². The summed E-state index contributed by atoms with van der Waals surface area (Å²) >= 11 is 0. The molecule has 0 aliphatic heterocycles. The predicted molar refractivity (Wildman–Crippen MR) is 52.1 cm³/mol. The molecule has 0 bridgehead atoms. The maximum Gasteiger partial charge on any atom is 0.330 e. The van der Waals surface area contributed by atoms with Gasteiger partial charge in [-0.25, -0.2) is 4.79 Å². The molecular weight excluding hydrogens is 164 g/mol. The average Bonchev–Trinajstić information content (AvgIpc) is 2.17. The molecule has 68 valence electrons. The van der Waals surface area contributed by atoms with E-state index in [0.29, 0.717) is 18.2 Å². The standard InChI is InChI=1S/C11H12O2/c1-2-13-11(12)9-8-10-6-4-3-5-7-10/h3-9H,2H2,1H3/b9-8+/i6D. The van der Waals surface area contributed by atoms with E-state index in [4.69, 9.17) is 6.11 Å². The average molecular weight is 177 g/mol. The summed E-state index contributed by atoms with van der Waals surface area (Å²) in [4.78, 5) is 11.0. The predicted octanol–water partition coefficient (Wildman–Crippen LogP) is 2.26. The monoisotopic (exact) mass is 177 g/mol. The molecular formula is C11H12O2. The third-order valence-corrected chi connectivity index (χ3v) is 1.42. The van der Waals surface area contributed by atoms with Crippen LogP contribution in [0.15, 0.2) is 36.4 Å². The molecule has 0 saturated heterocycles. The molecule has 2 heteroatoms. The van der Waals surface area contributed by atoms with E-state index in [2.05, 4.69) is 0 Å². The lowest BCUT2D eigenvalue weighted by atomic mass is 10.2. The molecule has 0 fully saturated rings. The maximum absolute atomic E-state index is 11.0. The van der Waals surface area contributed by atoms with Gasteiger partial charge in [0.2, 0.25) is 0 Å². The van der Waals surface area contributed by atoms with Crippen LogP contribution in [0.2, 0.25) is 0 Å². The van der Waals surface area contributed by atoms with Gasteiger partial charge in [0.25, 0.3) is 0 Å². The van der Waals surface area contributed by atoms with Crippen LogP contribution >= 0.6 is 0 Å². The van der Waals surface area contributed by atoms with E-state index in [9.17, 15) is 4.79 Å². The van der Waals surface area contributed by atoms with Crippen molar-refractivity contribution >= 4 is 12.0 Å². The summed E-state index contributed by atoms with van der Waals surface area (Å²) in [5.41, 5.74) is 0.709. The van der Waals surface area contributed by atoms with E-state index in [-0.39, 0.29) is 5.97 Å². The lowest BCUT2D eigenvalue weighted by molar-refractivity contribution is -0.137. The summed E-state index contributed by atoms with van der Waals surface area (Å²) in [5.74, 6) is -0.379. The van der Waals surface area contributed by atoms with Crippen LogP contribution in [0, 0.1) is 0 Å². The molecule has 0 atom stereocenters. The number of rotatable bonds is 3. The first-order valence-corrected chi connectivity index (χ1v) is 4.14. The van der Waals surface area contributed by atoms with Crippen molar-refractivity contribution in [3.63, 3.8) is 0 Å². The smallest absolute Gasteiger partial charge is 0.330 e. The van der Waals surface area contributed by atoms with Gasteiger partial charge in [0.1, 0.15) is 0 Å². The van der Waals surface area contributed by atoms with Crippen LogP contribution in [0.4, 0.5) is 0 Å². The van der Waals surface area contributed by atoms with E-state index < -0.39 is 0 Å². The fourth-order valence-corrected chi connectivity index (χ4v) is 0.859. The highest BCUT2D eigenvalue weighted by Crippen LogP contribution is 2.00. The summed E-state index contributed by atoms with van der Waals surface area (Å²) in [6, 6.07) is 7.45. The molecule has 1 rings (SSSR count). The molecule has 0 heterocycles. The molecule has 1 aromatic rings. The van der Waals surface area contributed by atoms with Crippen molar-refractivity contribution in [2.75, 3.05) is 6.61 Å². The quantitative estimate of drug-likeness (QED) is 0.523. The summed E-state index contributed by atoms with van der Waals surface area (Å²) in [6.07, 6.45) is 2.91. The topological polar surface area (TPSA) is 26.3 Å². The van der Waals surface area contributed by atoms with Crippen LogP contribution in [0.5, 0.6) is 0 Å². The number of hydrogen-bond acceptors (Lipinski definition) is 2. The number of esters is 1. The summed E-state index contributed by atoms with van der Waals surface area (Å²) in [6.45, 7) is 2.12. The minimum Gasteiger partial charge on any atom is -0.463 e. The van der Waals surface area contributed by atoms with Crippen LogP contribution in [-0.4, -0.2) is 12.6 Å². The van der Waals surface area contributed by atoms with Gasteiger partial charge in [-0.2, -0.15) is 0 Å². The Hall–Kier alpha value is -1.57. The fraction of sp³-hybridized carbons (Fsp3) is 0.182. The minimum atomic E-state index is -0.379. The van der Waals surface area contributed by atoms with E-state index >= 15 is 0 Å². The van der Waals surface area contributed by atoms with Gasteiger partial charge in [-0.1, -0.05) is 30.3 Å². The lowest BCUT2D eigenvalue weighted by Gasteiger charge is -1.94. The number of carbonyl (C=O) groups is 1. The Morgan fingerprint density at radius 3 is 3.15 bits per heavy atom. The van der Waals surface area contributed by atoms with Crippen molar-refractivity contribution in [1.82, 2.24) is 0 Å². The fourth-order valence-electron chi connectivity index (χ4n) is 0.859. The van der Waals surface area contributed by atoms with E-state index in [1.54, 1.807) is 31.2 Å². The Morgan fingerprint density at radius 2 is 2.46 bits per heavy atom. The van der Waals surface area contributed by atoms with Crippen molar-refractivity contribution < 1.29 is 10.9 Å². The van der Waals surface area contributed by atoms with Crippen molar-refractivity contribution in [3.05, 3.63) is 41.9 Å². The van der Waals surface area contributed by atoms with Gasteiger partial charge in [0.15, 0.2) is 0 Å². The number of benzene rings is 1. The molecule has 0 aliphatic carbocycles. The molecule has 13 heavy (non-hydrogen) atoms. The molecule has 0 aromatic heterocycles. The normalized spacial score (nSPS) is 11.3. The number of carbonyl (C=O) groups excluding carboxylic acids is 1. The number of hydrogen-bond donors (Lipinski definition) is 0. The molecule has 0 N–H and O–H groups in total. The van der Waals surface area contributed by atoms with Gasteiger partial charge >= 0.3 is 5.97 Å². The molecule has 2 nitrogen and oxygen atoms in total. The highest BCUT2D eigenvalue weighted by atomic mass is 16.5. The summed E-state index contributed by atoms with van der Waals surface area (Å²) in [7, 11) is 0. The number of ether oxygens (including phenoxy) is 1. The third-order valence-electron chi connectivity index (χ3n) is 1.42. The van der Waals surface area contributed by atoms with E-state index in [0.717, 1.165) is 0 Å². The van der Waals surface area contributed by atoms with Gasteiger partial charge in [0, 0.05) is 6.08 Å². The molecule has 0 spiro atoms. The molecule has 0 radical (unpaired) electrons. The van der Waals surface area contributed by atoms with E-state index in [1.165, 1.54) is 6.08 Å². The lowest BCUT2D eigenvalue weighted by Crippen LogP contribution is -1.98. The van der Waals surface area contributed by atoms with Crippen molar-refractivity contribution in [3.8, 4) is 0 Å². The van der Waals surface area contributed by atoms with Crippen molar-refractivity contribution in [2.24, 2.45) is 0 Å². The van der Waals surface area contributed by atoms with Gasteiger partial charge in [-0.05, 0) is 18.6 Å². The molecule has 0 saturated carbocycles. The van der Waals surface area contributed by atoms with Crippen LogP contribution in [0.1, 0.15) is 13.9 Å². The molecule has 1 aromatic carbocycles. The molecule has 0 unspecified atom stereocenters. The van der Waals surface area contributed by atoms with Crippen LogP contribution in [0.3, 0.4) is 0 Å². The summed E-state index contributed by atoms with van der Waals surface area (Å²) < 4.78 is 12.2. The molecule has 0 aliphatic rings. The zero-order chi connectivity index (χ0) is 10.4. The highest BCUT2D eigenvalue weighted by Gasteiger charge is 1.92. The van der Waals surface area contributed by atoms with E-state index in [1.807, 2.05) is 6.07 Å². The highest BCUT2D eigenvalue weighted by molar-refractivity contribution is 5.86. The first kappa shape index (κ1) is 8.05. The van der Waals surface area contributed by atoms with Crippen LogP contribution in [-0.2, 0) is 9.53 Å². The van der Waals surface area contributed by atoms with Crippen molar-refractivity contribution in [1.29, 1.82) is 0 Å². The third kappa shape index (κ3) is 3.56. The van der Waals surface area contributed by atoms with Crippen LogP contribution in [0.25, 0.3) is 6.08 Å². The van der Waals surface area contributed by atoms with Gasteiger partial charge in [-0.15, -0.1) is 0 Å². The maximum atomic E-state index is 11.0. The second-order valence-electron chi connectivity index (χ2n) is 2.40. The Bertz CT molecular complexity index is 345. The largest absolute Gasteiger partial charge is 0.463 e. The zero-order valence-corrected chi connectivity index (χ0v) is 7.49. The minimum absolute atomic E-state index is 0.367. The first-order valence-electron chi connectivity index (χ1n) is 4.64. The SMILES string of the molecule is [2H]c1ccccc1/C=C/C(=O)OCC. The van der Waals surface area contributed by atoms with Crippen LogP contribution < -0.4 is 0 Å². The molecule has 0 amide bonds. The zero-order valence-electron chi connectivity index (χ0n) is 8.49. The Morgan fingerprint density at radius 1 is 1.62 bits per heavy atom.